The minimum atomic E-state index is 0.502. The van der Waals surface area contributed by atoms with E-state index in [1.54, 1.807) is 7.11 Å². The van der Waals surface area contributed by atoms with Crippen LogP contribution in [-0.2, 0) is 5.88 Å². The van der Waals surface area contributed by atoms with Crippen LogP contribution in [0.5, 0.6) is 5.75 Å². The number of halogens is 2. The van der Waals surface area contributed by atoms with Gasteiger partial charge >= 0.3 is 0 Å². The number of rotatable bonds is 2. The van der Waals surface area contributed by atoms with Gasteiger partial charge in [0.25, 0.3) is 0 Å². The van der Waals surface area contributed by atoms with E-state index in [2.05, 4.69) is 22.6 Å². The molecule has 0 heterocycles. The van der Waals surface area contributed by atoms with Crippen molar-refractivity contribution in [2.75, 3.05) is 7.11 Å². The fourth-order valence-corrected chi connectivity index (χ4v) is 2.03. The molecule has 1 aromatic rings. The number of hydrogen-bond acceptors (Lipinski definition) is 1. The SMILES string of the molecule is COc1cccc(I)c1CCl. The van der Waals surface area contributed by atoms with Crippen LogP contribution in [0.4, 0.5) is 0 Å². The molecule has 0 bridgehead atoms. The molecule has 1 nitrogen and oxygen atoms in total. The lowest BCUT2D eigenvalue weighted by molar-refractivity contribution is 0.411. The summed E-state index contributed by atoms with van der Waals surface area (Å²) >= 11 is 7.98. The highest BCUT2D eigenvalue weighted by Crippen LogP contribution is 2.24. The molecule has 0 N–H and O–H groups in total. The summed E-state index contributed by atoms with van der Waals surface area (Å²) in [5, 5.41) is 0. The zero-order chi connectivity index (χ0) is 8.27. The van der Waals surface area contributed by atoms with Crippen LogP contribution >= 0.6 is 34.2 Å². The predicted octanol–water partition coefficient (Wildman–Crippen LogP) is 3.04. The summed E-state index contributed by atoms with van der Waals surface area (Å²) in [6.45, 7) is 0. The van der Waals surface area contributed by atoms with Gasteiger partial charge < -0.3 is 4.74 Å². The second kappa shape index (κ2) is 4.16. The highest BCUT2D eigenvalue weighted by Gasteiger charge is 2.03. The van der Waals surface area contributed by atoms with E-state index >= 15 is 0 Å². The van der Waals surface area contributed by atoms with Gasteiger partial charge in [0.15, 0.2) is 0 Å². The quantitative estimate of drug-likeness (QED) is 0.598. The van der Waals surface area contributed by atoms with Gasteiger partial charge in [-0.3, -0.25) is 0 Å². The molecule has 1 aromatic carbocycles. The van der Waals surface area contributed by atoms with Crippen molar-refractivity contribution in [1.82, 2.24) is 0 Å². The molecule has 0 radical (unpaired) electrons. The molecule has 11 heavy (non-hydrogen) atoms. The summed E-state index contributed by atoms with van der Waals surface area (Å²) in [6, 6.07) is 5.89. The lowest BCUT2D eigenvalue weighted by Gasteiger charge is -2.06. The Kier molecular flexibility index (Phi) is 3.45. The predicted molar refractivity (Wildman–Crippen MR) is 55.3 cm³/mol. The van der Waals surface area contributed by atoms with E-state index in [0.717, 1.165) is 14.9 Å². The largest absolute Gasteiger partial charge is 0.496 e. The molecule has 0 atom stereocenters. The van der Waals surface area contributed by atoms with Crippen molar-refractivity contribution in [3.63, 3.8) is 0 Å². The number of hydrogen-bond donors (Lipinski definition) is 0. The fraction of sp³-hybridized carbons (Fsp3) is 0.250. The van der Waals surface area contributed by atoms with E-state index in [9.17, 15) is 0 Å². The van der Waals surface area contributed by atoms with Crippen LogP contribution in [0, 0.1) is 3.57 Å². The van der Waals surface area contributed by atoms with E-state index in [0.29, 0.717) is 5.88 Å². The maximum atomic E-state index is 5.73. The maximum absolute atomic E-state index is 5.73. The van der Waals surface area contributed by atoms with Gasteiger partial charge in [-0.05, 0) is 34.7 Å². The zero-order valence-electron chi connectivity index (χ0n) is 6.10. The smallest absolute Gasteiger partial charge is 0.124 e. The Labute approximate surface area is 84.8 Å². The molecule has 0 amide bonds. The van der Waals surface area contributed by atoms with E-state index in [-0.39, 0.29) is 0 Å². The van der Waals surface area contributed by atoms with Gasteiger partial charge in [0.05, 0.1) is 13.0 Å². The Bertz CT molecular complexity index is 250. The van der Waals surface area contributed by atoms with Gasteiger partial charge in [0.2, 0.25) is 0 Å². The number of methoxy groups -OCH3 is 1. The van der Waals surface area contributed by atoms with Crippen LogP contribution < -0.4 is 4.74 Å². The Morgan fingerprint density at radius 2 is 2.27 bits per heavy atom. The highest BCUT2D eigenvalue weighted by molar-refractivity contribution is 14.1. The summed E-state index contributed by atoms with van der Waals surface area (Å²) in [4.78, 5) is 0. The van der Waals surface area contributed by atoms with Gasteiger partial charge in [-0.2, -0.15) is 0 Å². The first-order chi connectivity index (χ1) is 5.29. The third kappa shape index (κ3) is 1.99. The van der Waals surface area contributed by atoms with Gasteiger partial charge in [-0.25, -0.2) is 0 Å². The lowest BCUT2D eigenvalue weighted by atomic mass is 10.2. The average molecular weight is 283 g/mol. The standard InChI is InChI=1S/C8H8ClIO/c1-11-8-4-2-3-7(10)6(8)5-9/h2-4H,5H2,1H3. The lowest BCUT2D eigenvalue weighted by Crippen LogP contribution is -1.91. The number of ether oxygens (including phenoxy) is 1. The Hall–Kier alpha value is 0.0400. The van der Waals surface area contributed by atoms with Crippen LogP contribution in [0.2, 0.25) is 0 Å². The molecule has 0 aliphatic heterocycles. The first-order valence-corrected chi connectivity index (χ1v) is 4.78. The molecule has 1 rings (SSSR count). The number of alkyl halides is 1. The molecule has 0 aliphatic rings. The topological polar surface area (TPSA) is 9.23 Å². The molecule has 0 spiro atoms. The van der Waals surface area contributed by atoms with Gasteiger partial charge in [0.1, 0.15) is 5.75 Å². The molecule has 60 valence electrons. The molecule has 0 unspecified atom stereocenters. The van der Waals surface area contributed by atoms with Crippen molar-refractivity contribution in [1.29, 1.82) is 0 Å². The summed E-state index contributed by atoms with van der Waals surface area (Å²) < 4.78 is 6.28. The average Bonchev–Trinajstić information content (AvgIpc) is 2.04. The molecule has 0 saturated carbocycles. The van der Waals surface area contributed by atoms with Crippen molar-refractivity contribution in [3.8, 4) is 5.75 Å². The first kappa shape index (κ1) is 9.13. The zero-order valence-corrected chi connectivity index (χ0v) is 9.02. The molecule has 3 heteroatoms. The van der Waals surface area contributed by atoms with Crippen LogP contribution in [0.25, 0.3) is 0 Å². The van der Waals surface area contributed by atoms with Gasteiger partial charge in [-0.15, -0.1) is 11.6 Å². The minimum Gasteiger partial charge on any atom is -0.496 e. The van der Waals surface area contributed by atoms with Crippen LogP contribution in [-0.4, -0.2) is 7.11 Å². The summed E-state index contributed by atoms with van der Waals surface area (Å²) in [5.74, 6) is 1.37. The minimum absolute atomic E-state index is 0.502. The van der Waals surface area contributed by atoms with E-state index in [1.165, 1.54) is 0 Å². The van der Waals surface area contributed by atoms with Gasteiger partial charge in [0, 0.05) is 9.13 Å². The third-order valence-electron chi connectivity index (χ3n) is 1.43. The third-order valence-corrected chi connectivity index (χ3v) is 2.71. The molecular formula is C8H8ClIO. The normalized spacial score (nSPS) is 9.73. The summed E-state index contributed by atoms with van der Waals surface area (Å²) in [6.07, 6.45) is 0. The van der Waals surface area contributed by atoms with E-state index < -0.39 is 0 Å². The second-order valence-corrected chi connectivity index (χ2v) is 3.48. The Morgan fingerprint density at radius 3 is 2.73 bits per heavy atom. The van der Waals surface area contributed by atoms with Crippen molar-refractivity contribution < 1.29 is 4.74 Å². The summed E-state index contributed by atoms with van der Waals surface area (Å²) in [5.41, 5.74) is 1.07. The van der Waals surface area contributed by atoms with Crippen molar-refractivity contribution in [3.05, 3.63) is 27.3 Å². The van der Waals surface area contributed by atoms with Crippen LogP contribution in [0.15, 0.2) is 18.2 Å². The van der Waals surface area contributed by atoms with Crippen LogP contribution in [0.1, 0.15) is 5.56 Å². The van der Waals surface area contributed by atoms with Crippen molar-refractivity contribution in [2.24, 2.45) is 0 Å². The second-order valence-electron chi connectivity index (χ2n) is 2.05. The Morgan fingerprint density at radius 1 is 1.55 bits per heavy atom. The maximum Gasteiger partial charge on any atom is 0.124 e. The van der Waals surface area contributed by atoms with Crippen molar-refractivity contribution in [2.45, 2.75) is 5.88 Å². The van der Waals surface area contributed by atoms with Crippen molar-refractivity contribution >= 4 is 34.2 Å². The fourth-order valence-electron chi connectivity index (χ4n) is 0.860. The molecule has 0 aliphatic carbocycles. The first-order valence-electron chi connectivity index (χ1n) is 3.17. The van der Waals surface area contributed by atoms with Crippen LogP contribution in [0.3, 0.4) is 0 Å². The molecular weight excluding hydrogens is 274 g/mol. The molecule has 0 fully saturated rings. The number of benzene rings is 1. The Balaban J connectivity index is 3.13. The monoisotopic (exact) mass is 282 g/mol. The highest BCUT2D eigenvalue weighted by atomic mass is 127. The van der Waals surface area contributed by atoms with E-state index in [1.807, 2.05) is 18.2 Å². The summed E-state index contributed by atoms with van der Waals surface area (Å²) in [7, 11) is 1.65. The van der Waals surface area contributed by atoms with E-state index in [4.69, 9.17) is 16.3 Å². The molecule has 0 saturated heterocycles. The molecule has 0 aromatic heterocycles. The van der Waals surface area contributed by atoms with Gasteiger partial charge in [-0.1, -0.05) is 6.07 Å².